The minimum absolute atomic E-state index is 0. The zero-order valence-corrected chi connectivity index (χ0v) is 12.5. The van der Waals surface area contributed by atoms with Gasteiger partial charge in [0.25, 0.3) is 0 Å². The number of carbonyl (C=O) groups is 1. The van der Waals surface area contributed by atoms with Crippen LogP contribution < -0.4 is 5.32 Å². The molecule has 0 spiro atoms. The van der Waals surface area contributed by atoms with Crippen molar-refractivity contribution in [3.05, 3.63) is 28.2 Å². The van der Waals surface area contributed by atoms with Crippen LogP contribution in [-0.4, -0.2) is 17.8 Å². The Labute approximate surface area is 120 Å². The molecule has 1 fully saturated rings. The van der Waals surface area contributed by atoms with E-state index < -0.39 is 6.09 Å². The Morgan fingerprint density at radius 1 is 1.50 bits per heavy atom. The Kier molecular flexibility index (Phi) is 4.50. The second-order valence-electron chi connectivity index (χ2n) is 4.82. The number of hydrogen-bond acceptors (Lipinski definition) is 3. The number of cyclic esters (lactones) is 1. The number of amides is 1. The summed E-state index contributed by atoms with van der Waals surface area (Å²) in [5.74, 6) is 0.160. The molecule has 1 aliphatic rings. The van der Waals surface area contributed by atoms with Gasteiger partial charge in [-0.3, -0.25) is 0 Å². The SMILES string of the molecule is CC1(C)COC(=O)N[C@H]1c1cccc(Br)c1O.Cl. The summed E-state index contributed by atoms with van der Waals surface area (Å²) in [6.07, 6.45) is -0.450. The predicted molar refractivity (Wildman–Crippen MR) is 74.1 cm³/mol. The van der Waals surface area contributed by atoms with E-state index in [1.807, 2.05) is 19.9 Å². The molecule has 1 saturated heterocycles. The Balaban J connectivity index is 0.00000162. The van der Waals surface area contributed by atoms with Crippen molar-refractivity contribution in [2.24, 2.45) is 5.41 Å². The number of rotatable bonds is 1. The molecular formula is C12H15BrClNO3. The fourth-order valence-electron chi connectivity index (χ4n) is 1.95. The van der Waals surface area contributed by atoms with E-state index in [1.165, 1.54) is 0 Å². The lowest BCUT2D eigenvalue weighted by molar-refractivity contribution is 0.0381. The summed E-state index contributed by atoms with van der Waals surface area (Å²) < 4.78 is 5.59. The third kappa shape index (κ3) is 2.72. The van der Waals surface area contributed by atoms with Crippen LogP contribution in [0.3, 0.4) is 0 Å². The molecule has 4 nitrogen and oxygen atoms in total. The first kappa shape index (κ1) is 15.1. The molecule has 1 atom stereocenters. The number of nitrogens with one attached hydrogen (secondary N) is 1. The maximum Gasteiger partial charge on any atom is 0.407 e. The van der Waals surface area contributed by atoms with Crippen LogP contribution >= 0.6 is 28.3 Å². The molecule has 100 valence electrons. The highest BCUT2D eigenvalue weighted by molar-refractivity contribution is 9.10. The van der Waals surface area contributed by atoms with Crippen LogP contribution in [0.5, 0.6) is 5.75 Å². The number of alkyl carbamates (subject to hydrolysis) is 1. The standard InChI is InChI=1S/C12H14BrNO3.ClH/c1-12(2)6-17-11(16)14-10(12)7-4-3-5-8(13)9(7)15;/h3-5,10,15H,6H2,1-2H3,(H,14,16);1H/t10-;/m0./s1. The third-order valence-electron chi connectivity index (χ3n) is 2.95. The predicted octanol–water partition coefficient (Wildman–Crippen LogP) is 3.38. The van der Waals surface area contributed by atoms with Gasteiger partial charge in [0, 0.05) is 11.0 Å². The van der Waals surface area contributed by atoms with E-state index >= 15 is 0 Å². The van der Waals surface area contributed by atoms with Crippen molar-refractivity contribution >= 4 is 34.4 Å². The lowest BCUT2D eigenvalue weighted by Crippen LogP contribution is -2.46. The van der Waals surface area contributed by atoms with Crippen LogP contribution in [0.25, 0.3) is 0 Å². The van der Waals surface area contributed by atoms with Gasteiger partial charge in [-0.15, -0.1) is 12.4 Å². The van der Waals surface area contributed by atoms with Crippen LogP contribution in [0, 0.1) is 5.41 Å². The van der Waals surface area contributed by atoms with Crippen molar-refractivity contribution < 1.29 is 14.6 Å². The van der Waals surface area contributed by atoms with Gasteiger partial charge in [0.05, 0.1) is 10.5 Å². The molecular weight excluding hydrogens is 321 g/mol. The molecule has 0 bridgehead atoms. The van der Waals surface area contributed by atoms with Crippen molar-refractivity contribution in [2.45, 2.75) is 19.9 Å². The summed E-state index contributed by atoms with van der Waals surface area (Å²) in [6, 6.07) is 5.13. The number of halogens is 2. The minimum Gasteiger partial charge on any atom is -0.506 e. The lowest BCUT2D eigenvalue weighted by atomic mass is 9.80. The van der Waals surface area contributed by atoms with Crippen LogP contribution in [0.15, 0.2) is 22.7 Å². The van der Waals surface area contributed by atoms with E-state index in [1.54, 1.807) is 12.1 Å². The molecule has 1 aliphatic heterocycles. The van der Waals surface area contributed by atoms with Gasteiger partial charge in [-0.2, -0.15) is 0 Å². The van der Waals surface area contributed by atoms with E-state index in [4.69, 9.17) is 4.74 Å². The monoisotopic (exact) mass is 335 g/mol. The van der Waals surface area contributed by atoms with E-state index in [0.717, 1.165) is 0 Å². The normalized spacial score (nSPS) is 21.5. The number of para-hydroxylation sites is 1. The average molecular weight is 337 g/mol. The Bertz CT molecular complexity index is 465. The highest BCUT2D eigenvalue weighted by Gasteiger charge is 2.39. The number of phenols is 1. The first-order chi connectivity index (χ1) is 7.92. The van der Waals surface area contributed by atoms with Gasteiger partial charge >= 0.3 is 6.09 Å². The van der Waals surface area contributed by atoms with Crippen molar-refractivity contribution in [1.82, 2.24) is 5.32 Å². The molecule has 0 unspecified atom stereocenters. The lowest BCUT2D eigenvalue weighted by Gasteiger charge is -2.38. The quantitative estimate of drug-likeness (QED) is 0.826. The molecule has 1 amide bonds. The number of ether oxygens (including phenoxy) is 1. The summed E-state index contributed by atoms with van der Waals surface area (Å²) >= 11 is 3.27. The Morgan fingerprint density at radius 2 is 2.17 bits per heavy atom. The first-order valence-electron chi connectivity index (χ1n) is 5.32. The molecule has 18 heavy (non-hydrogen) atoms. The molecule has 6 heteroatoms. The van der Waals surface area contributed by atoms with E-state index in [0.29, 0.717) is 16.6 Å². The van der Waals surface area contributed by atoms with Gasteiger partial charge in [-0.05, 0) is 22.0 Å². The third-order valence-corrected chi connectivity index (χ3v) is 3.59. The second-order valence-corrected chi connectivity index (χ2v) is 5.67. The molecule has 2 N–H and O–H groups in total. The van der Waals surface area contributed by atoms with Crippen molar-refractivity contribution in [1.29, 1.82) is 0 Å². The molecule has 0 aromatic heterocycles. The molecule has 2 rings (SSSR count). The summed E-state index contributed by atoms with van der Waals surface area (Å²) in [4.78, 5) is 11.3. The molecule has 0 radical (unpaired) electrons. The number of benzene rings is 1. The summed E-state index contributed by atoms with van der Waals surface area (Å²) in [5, 5.41) is 12.8. The van der Waals surface area contributed by atoms with Gasteiger partial charge in [0.15, 0.2) is 0 Å². The van der Waals surface area contributed by atoms with E-state index in [2.05, 4.69) is 21.2 Å². The van der Waals surface area contributed by atoms with Crippen LogP contribution in [0.4, 0.5) is 4.79 Å². The van der Waals surface area contributed by atoms with Gasteiger partial charge in [0.2, 0.25) is 0 Å². The van der Waals surface area contributed by atoms with Gasteiger partial charge in [-0.25, -0.2) is 4.79 Å². The number of hydrogen-bond donors (Lipinski definition) is 2. The second kappa shape index (κ2) is 5.36. The number of phenolic OH excluding ortho intramolecular Hbond substituents is 1. The smallest absolute Gasteiger partial charge is 0.407 e. The number of aromatic hydroxyl groups is 1. The Hall–Kier alpha value is -0.940. The van der Waals surface area contributed by atoms with Crippen LogP contribution in [-0.2, 0) is 4.74 Å². The molecule has 0 aliphatic carbocycles. The molecule has 0 saturated carbocycles. The van der Waals surface area contributed by atoms with Crippen LogP contribution in [0.1, 0.15) is 25.5 Å². The fraction of sp³-hybridized carbons (Fsp3) is 0.417. The van der Waals surface area contributed by atoms with Crippen molar-refractivity contribution in [2.75, 3.05) is 6.61 Å². The van der Waals surface area contributed by atoms with E-state index in [-0.39, 0.29) is 29.6 Å². The zero-order chi connectivity index (χ0) is 12.6. The minimum atomic E-state index is -0.450. The summed E-state index contributed by atoms with van der Waals surface area (Å²) in [7, 11) is 0. The fourth-order valence-corrected chi connectivity index (χ4v) is 2.33. The summed E-state index contributed by atoms with van der Waals surface area (Å²) in [5.41, 5.74) is 0.424. The zero-order valence-electron chi connectivity index (χ0n) is 10.1. The average Bonchev–Trinajstić information content (AvgIpc) is 2.26. The van der Waals surface area contributed by atoms with Crippen molar-refractivity contribution in [3.8, 4) is 5.75 Å². The first-order valence-corrected chi connectivity index (χ1v) is 6.12. The Morgan fingerprint density at radius 3 is 2.83 bits per heavy atom. The maximum absolute atomic E-state index is 11.3. The van der Waals surface area contributed by atoms with Gasteiger partial charge < -0.3 is 15.2 Å². The van der Waals surface area contributed by atoms with E-state index in [9.17, 15) is 9.90 Å². The highest BCUT2D eigenvalue weighted by atomic mass is 79.9. The topological polar surface area (TPSA) is 58.6 Å². The van der Waals surface area contributed by atoms with Crippen LogP contribution in [0.2, 0.25) is 0 Å². The molecule has 1 heterocycles. The maximum atomic E-state index is 11.3. The summed E-state index contributed by atoms with van der Waals surface area (Å²) in [6.45, 7) is 4.30. The largest absolute Gasteiger partial charge is 0.506 e. The molecule has 1 aromatic carbocycles. The van der Waals surface area contributed by atoms with Crippen molar-refractivity contribution in [3.63, 3.8) is 0 Å². The number of carbonyl (C=O) groups excluding carboxylic acids is 1. The molecule has 1 aromatic rings. The van der Waals surface area contributed by atoms with Gasteiger partial charge in [-0.1, -0.05) is 26.0 Å². The van der Waals surface area contributed by atoms with Gasteiger partial charge in [0.1, 0.15) is 12.4 Å². The highest BCUT2D eigenvalue weighted by Crippen LogP contribution is 2.41.